The van der Waals surface area contributed by atoms with Crippen molar-refractivity contribution < 1.29 is 13.9 Å². The molecule has 0 aliphatic carbocycles. The molecule has 0 aromatic carbocycles. The van der Waals surface area contributed by atoms with Gasteiger partial charge in [-0.05, 0) is 19.8 Å². The maximum atomic E-state index is 11.5. The third-order valence-corrected chi connectivity index (χ3v) is 0.923. The largest absolute Gasteiger partial charge is 0.342 e. The average molecular weight is 160 g/mol. The molecule has 0 spiro atoms. The first kappa shape index (κ1) is 10.4. The first-order chi connectivity index (χ1) is 5.35. The second-order valence-corrected chi connectivity index (χ2v) is 1.70. The van der Waals surface area contributed by atoms with Crippen LogP contribution in [0.25, 0.3) is 0 Å². The molecule has 0 aliphatic heterocycles. The summed E-state index contributed by atoms with van der Waals surface area (Å²) in [4.78, 5) is 0. The third-order valence-electron chi connectivity index (χ3n) is 0.923. The summed E-state index contributed by atoms with van der Waals surface area (Å²) in [5.74, 6) is 4.75. The molecule has 0 N–H and O–H groups in total. The second-order valence-electron chi connectivity index (χ2n) is 1.70. The van der Waals surface area contributed by atoms with Crippen LogP contribution in [0.1, 0.15) is 13.8 Å². The molecule has 0 saturated heterocycles. The predicted octanol–water partition coefficient (Wildman–Crippen LogP) is 1.36. The van der Waals surface area contributed by atoms with Gasteiger partial charge in [-0.2, -0.15) is 0 Å². The lowest BCUT2D eigenvalue weighted by molar-refractivity contribution is -0.0970. The molecule has 0 fully saturated rings. The van der Waals surface area contributed by atoms with Gasteiger partial charge in [0.25, 0.3) is 0 Å². The summed E-state index contributed by atoms with van der Waals surface area (Å²) in [5.41, 5.74) is 0. The molecule has 0 aliphatic rings. The Morgan fingerprint density at radius 3 is 2.18 bits per heavy atom. The van der Waals surface area contributed by atoms with Crippen LogP contribution in [0, 0.1) is 11.8 Å². The van der Waals surface area contributed by atoms with Gasteiger partial charge in [-0.15, -0.1) is 0 Å². The molecule has 0 bridgehead atoms. The highest BCUT2D eigenvalue weighted by atomic mass is 19.1. The van der Waals surface area contributed by atoms with Crippen molar-refractivity contribution in [2.75, 3.05) is 19.9 Å². The second kappa shape index (κ2) is 7.52. The minimum atomic E-state index is -0.656. The Bertz CT molecular complexity index is 131. The Hall–Kier alpha value is -0.590. The molecule has 0 rings (SSSR count). The van der Waals surface area contributed by atoms with Gasteiger partial charge >= 0.3 is 0 Å². The van der Waals surface area contributed by atoms with Crippen molar-refractivity contribution in [2.24, 2.45) is 0 Å². The molecule has 64 valence electrons. The molecule has 0 radical (unpaired) electrons. The van der Waals surface area contributed by atoms with E-state index in [1.54, 1.807) is 0 Å². The van der Waals surface area contributed by atoms with Gasteiger partial charge in [-0.3, -0.25) is 0 Å². The molecule has 0 amide bonds. The minimum absolute atomic E-state index is 0.519. The van der Waals surface area contributed by atoms with Gasteiger partial charge < -0.3 is 9.47 Å². The Morgan fingerprint density at radius 2 is 1.82 bits per heavy atom. The van der Waals surface area contributed by atoms with E-state index in [1.165, 1.54) is 0 Å². The van der Waals surface area contributed by atoms with Crippen molar-refractivity contribution in [3.63, 3.8) is 0 Å². The molecule has 0 aromatic rings. The summed E-state index contributed by atoms with van der Waals surface area (Å²) in [7, 11) is 0. The van der Waals surface area contributed by atoms with Crippen LogP contribution in [-0.2, 0) is 9.47 Å². The fraction of sp³-hybridized carbons (Fsp3) is 0.750. The van der Waals surface area contributed by atoms with E-state index in [2.05, 4.69) is 11.8 Å². The zero-order valence-electron chi connectivity index (χ0n) is 6.89. The lowest BCUT2D eigenvalue weighted by Crippen LogP contribution is -2.14. The predicted molar refractivity (Wildman–Crippen MR) is 40.8 cm³/mol. The first-order valence-electron chi connectivity index (χ1n) is 3.62. The summed E-state index contributed by atoms with van der Waals surface area (Å²) in [6, 6.07) is 0. The van der Waals surface area contributed by atoms with Gasteiger partial charge in [-0.25, -0.2) is 4.39 Å². The number of hydrogen-bond acceptors (Lipinski definition) is 2. The normalized spacial score (nSPS) is 9.45. The number of halogens is 1. The summed E-state index contributed by atoms with van der Waals surface area (Å²) in [6.07, 6.45) is -0.569. The average Bonchev–Trinajstić information content (AvgIpc) is 2.01. The van der Waals surface area contributed by atoms with Crippen LogP contribution in [0.15, 0.2) is 0 Å². The molecule has 0 heterocycles. The SMILES string of the molecule is CCOC(C#CCF)OCC. The van der Waals surface area contributed by atoms with E-state index < -0.39 is 13.0 Å². The third kappa shape index (κ3) is 5.84. The Balaban J connectivity index is 3.68. The highest BCUT2D eigenvalue weighted by Crippen LogP contribution is 1.91. The van der Waals surface area contributed by atoms with E-state index in [1.807, 2.05) is 13.8 Å². The van der Waals surface area contributed by atoms with Gasteiger partial charge in [0, 0.05) is 13.2 Å². The van der Waals surface area contributed by atoms with Crippen LogP contribution in [0.4, 0.5) is 4.39 Å². The van der Waals surface area contributed by atoms with Crippen LogP contribution >= 0.6 is 0 Å². The van der Waals surface area contributed by atoms with Crippen molar-refractivity contribution >= 4 is 0 Å². The highest BCUT2D eigenvalue weighted by Gasteiger charge is 2.00. The summed E-state index contributed by atoms with van der Waals surface area (Å²) in [6.45, 7) is 4.06. The molecule has 0 aromatic heterocycles. The van der Waals surface area contributed by atoms with Crippen LogP contribution in [0.5, 0.6) is 0 Å². The van der Waals surface area contributed by atoms with E-state index in [9.17, 15) is 4.39 Å². The van der Waals surface area contributed by atoms with Crippen molar-refractivity contribution in [3.05, 3.63) is 0 Å². The van der Waals surface area contributed by atoms with Crippen molar-refractivity contribution in [3.8, 4) is 11.8 Å². The summed E-state index contributed by atoms with van der Waals surface area (Å²) < 4.78 is 21.6. The lowest BCUT2D eigenvalue weighted by Gasteiger charge is -2.09. The van der Waals surface area contributed by atoms with E-state index in [0.29, 0.717) is 13.2 Å². The van der Waals surface area contributed by atoms with E-state index in [0.717, 1.165) is 0 Å². The van der Waals surface area contributed by atoms with E-state index >= 15 is 0 Å². The minimum Gasteiger partial charge on any atom is -0.342 e. The number of hydrogen-bond donors (Lipinski definition) is 0. The molecule has 0 atom stereocenters. The standard InChI is InChI=1S/C8H13FO2/c1-3-10-8(11-4-2)6-5-7-9/h8H,3-4,7H2,1-2H3. The fourth-order valence-electron chi connectivity index (χ4n) is 0.556. The molecule has 2 nitrogen and oxygen atoms in total. The monoisotopic (exact) mass is 160 g/mol. The first-order valence-corrected chi connectivity index (χ1v) is 3.62. The van der Waals surface area contributed by atoms with Crippen molar-refractivity contribution in [2.45, 2.75) is 20.1 Å². The summed E-state index contributed by atoms with van der Waals surface area (Å²) in [5, 5.41) is 0. The molecule has 0 unspecified atom stereocenters. The van der Waals surface area contributed by atoms with Crippen LogP contribution in [0.2, 0.25) is 0 Å². The quantitative estimate of drug-likeness (QED) is 0.456. The van der Waals surface area contributed by atoms with E-state index in [4.69, 9.17) is 9.47 Å². The number of rotatable bonds is 4. The molecule has 0 saturated carbocycles. The lowest BCUT2D eigenvalue weighted by atomic mass is 10.5. The van der Waals surface area contributed by atoms with Crippen molar-refractivity contribution in [1.82, 2.24) is 0 Å². The van der Waals surface area contributed by atoms with E-state index in [-0.39, 0.29) is 0 Å². The van der Waals surface area contributed by atoms with Crippen LogP contribution in [-0.4, -0.2) is 26.2 Å². The molecular formula is C8H13FO2. The smallest absolute Gasteiger partial charge is 0.222 e. The Morgan fingerprint density at radius 1 is 1.27 bits per heavy atom. The molecular weight excluding hydrogens is 147 g/mol. The number of ether oxygens (including phenoxy) is 2. The maximum absolute atomic E-state index is 11.5. The van der Waals surface area contributed by atoms with Gasteiger partial charge in [0.2, 0.25) is 6.29 Å². The van der Waals surface area contributed by atoms with Crippen molar-refractivity contribution in [1.29, 1.82) is 0 Å². The van der Waals surface area contributed by atoms with Crippen LogP contribution < -0.4 is 0 Å². The Labute approximate surface area is 66.7 Å². The van der Waals surface area contributed by atoms with Crippen LogP contribution in [0.3, 0.4) is 0 Å². The van der Waals surface area contributed by atoms with Gasteiger partial charge in [-0.1, -0.05) is 5.92 Å². The van der Waals surface area contributed by atoms with Gasteiger partial charge in [0.1, 0.15) is 0 Å². The topological polar surface area (TPSA) is 18.5 Å². The van der Waals surface area contributed by atoms with Gasteiger partial charge in [0.05, 0.1) is 0 Å². The molecule has 3 heteroatoms. The Kier molecular flexibility index (Phi) is 7.11. The molecule has 11 heavy (non-hydrogen) atoms. The maximum Gasteiger partial charge on any atom is 0.222 e. The summed E-state index contributed by atoms with van der Waals surface area (Å²) >= 11 is 0. The zero-order valence-corrected chi connectivity index (χ0v) is 6.89. The fourth-order valence-corrected chi connectivity index (χ4v) is 0.556. The highest BCUT2D eigenvalue weighted by molar-refractivity contribution is 5.02. The van der Waals surface area contributed by atoms with Gasteiger partial charge in [0.15, 0.2) is 6.67 Å². The number of alkyl halides is 1. The zero-order chi connectivity index (χ0) is 8.53.